The Balaban J connectivity index is 1.37. The van der Waals surface area contributed by atoms with E-state index in [1.165, 1.54) is 37.8 Å². The van der Waals surface area contributed by atoms with Crippen LogP contribution in [0.2, 0.25) is 0 Å². The zero-order valence-corrected chi connectivity index (χ0v) is 16.1. The van der Waals surface area contributed by atoms with Gasteiger partial charge in [0.05, 0.1) is 0 Å². The van der Waals surface area contributed by atoms with Crippen LogP contribution in [-0.4, -0.2) is 33.5 Å². The molecule has 3 rings (SSSR count). The molecule has 2 atom stereocenters. The van der Waals surface area contributed by atoms with E-state index in [4.69, 9.17) is 0 Å². The lowest BCUT2D eigenvalue weighted by molar-refractivity contribution is 0.252. The molecule has 6 heteroatoms. The molecule has 1 unspecified atom stereocenters. The summed E-state index contributed by atoms with van der Waals surface area (Å²) < 4.78 is 0. The Morgan fingerprint density at radius 1 is 0.679 bits per heavy atom. The molecule has 0 heterocycles. The third-order valence-electron chi connectivity index (χ3n) is 5.50. The van der Waals surface area contributed by atoms with Crippen molar-refractivity contribution in [2.75, 3.05) is 13.1 Å². The van der Waals surface area contributed by atoms with E-state index in [1.807, 2.05) is 12.1 Å². The normalized spacial score (nSPS) is 19.6. The number of benzene rings is 2. The van der Waals surface area contributed by atoms with E-state index in [0.29, 0.717) is 24.9 Å². The fourth-order valence-corrected chi connectivity index (χ4v) is 3.97. The SMILES string of the molecule is Oc1ccc(CNCC2CCC[C@H](CNCc3ccc(O)c(O)c3)C2)cc1O. The van der Waals surface area contributed by atoms with Gasteiger partial charge in [0.15, 0.2) is 23.0 Å². The third kappa shape index (κ3) is 5.78. The first-order valence-electron chi connectivity index (χ1n) is 9.94. The number of aromatic hydroxyl groups is 4. The number of rotatable bonds is 8. The predicted octanol–water partition coefficient (Wildman–Crippen LogP) is 3.19. The van der Waals surface area contributed by atoms with Gasteiger partial charge in [-0.05, 0) is 79.6 Å². The summed E-state index contributed by atoms with van der Waals surface area (Å²) in [5.74, 6) is 0.950. The van der Waals surface area contributed by atoms with Crippen LogP contribution in [0.1, 0.15) is 36.8 Å². The van der Waals surface area contributed by atoms with Gasteiger partial charge in [0, 0.05) is 13.1 Å². The first-order valence-corrected chi connectivity index (χ1v) is 9.94. The molecule has 1 aliphatic rings. The highest BCUT2D eigenvalue weighted by molar-refractivity contribution is 5.41. The monoisotopic (exact) mass is 386 g/mol. The third-order valence-corrected chi connectivity index (χ3v) is 5.50. The molecular weight excluding hydrogens is 356 g/mol. The lowest BCUT2D eigenvalue weighted by Crippen LogP contribution is -2.31. The second kappa shape index (κ2) is 9.66. The van der Waals surface area contributed by atoms with Gasteiger partial charge in [-0.25, -0.2) is 0 Å². The van der Waals surface area contributed by atoms with Gasteiger partial charge in [-0.15, -0.1) is 0 Å². The number of hydrogen-bond acceptors (Lipinski definition) is 6. The van der Waals surface area contributed by atoms with Gasteiger partial charge in [-0.3, -0.25) is 0 Å². The van der Waals surface area contributed by atoms with Crippen LogP contribution < -0.4 is 10.6 Å². The van der Waals surface area contributed by atoms with E-state index in [0.717, 1.165) is 24.2 Å². The van der Waals surface area contributed by atoms with Crippen molar-refractivity contribution in [3.63, 3.8) is 0 Å². The van der Waals surface area contributed by atoms with Crippen LogP contribution in [0.3, 0.4) is 0 Å². The smallest absolute Gasteiger partial charge is 0.157 e. The van der Waals surface area contributed by atoms with Crippen LogP contribution in [0, 0.1) is 11.8 Å². The van der Waals surface area contributed by atoms with Crippen molar-refractivity contribution in [3.05, 3.63) is 47.5 Å². The molecular formula is C22H30N2O4. The average molecular weight is 386 g/mol. The summed E-state index contributed by atoms with van der Waals surface area (Å²) in [4.78, 5) is 0. The van der Waals surface area contributed by atoms with Crippen LogP contribution >= 0.6 is 0 Å². The van der Waals surface area contributed by atoms with Crippen molar-refractivity contribution in [3.8, 4) is 23.0 Å². The van der Waals surface area contributed by atoms with Gasteiger partial charge in [0.1, 0.15) is 0 Å². The van der Waals surface area contributed by atoms with E-state index >= 15 is 0 Å². The fraction of sp³-hybridized carbons (Fsp3) is 0.455. The molecule has 2 aromatic rings. The maximum Gasteiger partial charge on any atom is 0.157 e. The minimum absolute atomic E-state index is 0.0787. The average Bonchev–Trinajstić information content (AvgIpc) is 2.68. The first kappa shape index (κ1) is 20.3. The summed E-state index contributed by atoms with van der Waals surface area (Å²) in [6.07, 6.45) is 4.88. The van der Waals surface area contributed by atoms with Crippen LogP contribution in [0.5, 0.6) is 23.0 Å². The van der Waals surface area contributed by atoms with Crippen LogP contribution in [0.15, 0.2) is 36.4 Å². The second-order valence-electron chi connectivity index (χ2n) is 7.81. The maximum atomic E-state index is 9.57. The molecule has 0 amide bonds. The molecule has 0 saturated heterocycles. The Bertz CT molecular complexity index is 718. The van der Waals surface area contributed by atoms with Crippen LogP contribution in [0.4, 0.5) is 0 Å². The van der Waals surface area contributed by atoms with Crippen molar-refractivity contribution in [1.82, 2.24) is 10.6 Å². The first-order chi connectivity index (χ1) is 13.5. The number of hydrogen-bond donors (Lipinski definition) is 6. The molecule has 6 nitrogen and oxygen atoms in total. The molecule has 0 bridgehead atoms. The number of phenols is 4. The Morgan fingerprint density at radius 3 is 1.57 bits per heavy atom. The molecule has 0 spiro atoms. The fourth-order valence-electron chi connectivity index (χ4n) is 3.97. The summed E-state index contributed by atoms with van der Waals surface area (Å²) in [5.41, 5.74) is 1.92. The van der Waals surface area contributed by atoms with E-state index in [2.05, 4.69) is 10.6 Å². The van der Waals surface area contributed by atoms with Crippen molar-refractivity contribution in [1.29, 1.82) is 0 Å². The van der Waals surface area contributed by atoms with Gasteiger partial charge in [-0.1, -0.05) is 18.6 Å². The lowest BCUT2D eigenvalue weighted by atomic mass is 9.81. The summed E-state index contributed by atoms with van der Waals surface area (Å²) in [6.45, 7) is 3.25. The molecule has 1 saturated carbocycles. The topological polar surface area (TPSA) is 105 Å². The summed E-state index contributed by atoms with van der Waals surface area (Å²) >= 11 is 0. The summed E-state index contributed by atoms with van der Waals surface area (Å²) in [5, 5.41) is 44.8. The Morgan fingerprint density at radius 2 is 1.14 bits per heavy atom. The number of nitrogens with one attached hydrogen (secondary N) is 2. The molecule has 1 fully saturated rings. The highest BCUT2D eigenvalue weighted by Crippen LogP contribution is 2.29. The van der Waals surface area contributed by atoms with Gasteiger partial charge in [0.2, 0.25) is 0 Å². The molecule has 1 aliphatic carbocycles. The van der Waals surface area contributed by atoms with Crippen molar-refractivity contribution < 1.29 is 20.4 Å². The van der Waals surface area contributed by atoms with E-state index in [9.17, 15) is 20.4 Å². The van der Waals surface area contributed by atoms with Gasteiger partial charge >= 0.3 is 0 Å². The van der Waals surface area contributed by atoms with Crippen molar-refractivity contribution >= 4 is 0 Å². The molecule has 28 heavy (non-hydrogen) atoms. The van der Waals surface area contributed by atoms with E-state index in [-0.39, 0.29) is 23.0 Å². The molecule has 152 valence electrons. The van der Waals surface area contributed by atoms with Crippen molar-refractivity contribution in [2.24, 2.45) is 11.8 Å². The van der Waals surface area contributed by atoms with Gasteiger partial charge in [0.25, 0.3) is 0 Å². The molecule has 0 aliphatic heterocycles. The van der Waals surface area contributed by atoms with Gasteiger partial charge < -0.3 is 31.1 Å². The molecule has 0 aromatic heterocycles. The minimum atomic E-state index is -0.0890. The standard InChI is InChI=1S/C22H30N2O4/c25-19-6-4-17(9-21(19)27)13-23-11-15-2-1-3-16(8-15)12-24-14-18-5-7-20(26)22(28)10-18/h4-7,9-10,15-16,23-28H,1-3,8,11-14H2/t15-,16?/m0/s1. The molecule has 2 aromatic carbocycles. The predicted molar refractivity (Wildman–Crippen MR) is 108 cm³/mol. The summed E-state index contributed by atoms with van der Waals surface area (Å²) in [7, 11) is 0. The summed E-state index contributed by atoms with van der Waals surface area (Å²) in [6, 6.07) is 9.85. The van der Waals surface area contributed by atoms with Crippen molar-refractivity contribution in [2.45, 2.75) is 38.8 Å². The molecule has 0 radical (unpaired) electrons. The minimum Gasteiger partial charge on any atom is -0.504 e. The van der Waals surface area contributed by atoms with Gasteiger partial charge in [-0.2, -0.15) is 0 Å². The van der Waals surface area contributed by atoms with Crippen LogP contribution in [-0.2, 0) is 13.1 Å². The number of phenolic OH excluding ortho intramolecular Hbond substituents is 4. The highest BCUT2D eigenvalue weighted by atomic mass is 16.3. The maximum absolute atomic E-state index is 9.57. The Hall–Kier alpha value is -2.44. The Labute approximate surface area is 165 Å². The second-order valence-corrected chi connectivity index (χ2v) is 7.81. The van der Waals surface area contributed by atoms with E-state index < -0.39 is 0 Å². The highest BCUT2D eigenvalue weighted by Gasteiger charge is 2.21. The quantitative estimate of drug-likeness (QED) is 0.389. The Kier molecular flexibility index (Phi) is 7.01. The zero-order chi connectivity index (χ0) is 19.9. The largest absolute Gasteiger partial charge is 0.504 e. The van der Waals surface area contributed by atoms with Crippen LogP contribution in [0.25, 0.3) is 0 Å². The van der Waals surface area contributed by atoms with E-state index in [1.54, 1.807) is 12.1 Å². The lowest BCUT2D eigenvalue weighted by Gasteiger charge is -2.29. The zero-order valence-electron chi connectivity index (χ0n) is 16.1. The molecule has 6 N–H and O–H groups in total.